The lowest BCUT2D eigenvalue weighted by atomic mass is 10.1. The molecule has 122 heavy (non-hydrogen) atoms. The van der Waals surface area contributed by atoms with E-state index in [0.717, 1.165) is 22.3 Å². The molecule has 6 aromatic carbocycles. The molecule has 0 amide bonds. The summed E-state index contributed by atoms with van der Waals surface area (Å²) in [7, 11) is 0. The highest BCUT2D eigenvalue weighted by molar-refractivity contribution is 5.40. The van der Waals surface area contributed by atoms with Crippen molar-refractivity contribution in [2.24, 2.45) is 40.9 Å². The molecule has 0 atom stereocenters. The maximum Gasteiger partial charge on any atom is 0.134 e. The van der Waals surface area contributed by atoms with Crippen molar-refractivity contribution in [3.05, 3.63) is 331 Å². The third-order valence-corrected chi connectivity index (χ3v) is 17.2. The second-order valence-corrected chi connectivity index (χ2v) is 26.6. The molecule has 0 N–H and O–H groups in total. The normalized spacial score (nSPS) is 10.7. The van der Waals surface area contributed by atoms with Crippen LogP contribution in [-0.4, -0.2) is 116 Å². The van der Waals surface area contributed by atoms with Gasteiger partial charge < -0.3 is 37.9 Å². The van der Waals surface area contributed by atoms with Gasteiger partial charge in [0, 0.05) is 39.3 Å². The Labute approximate surface area is 689 Å². The van der Waals surface area contributed by atoms with Gasteiger partial charge in [0.05, 0.1) is 155 Å². The average Bonchev–Trinajstić information content (AvgIpc) is 1.64. The van der Waals surface area contributed by atoms with Gasteiger partial charge in [-0.1, -0.05) is 109 Å². The third-order valence-electron chi connectivity index (χ3n) is 17.2. The van der Waals surface area contributed by atoms with E-state index >= 15 is 0 Å². The Morgan fingerprint density at radius 3 is 0.590 bits per heavy atom. The first-order valence-electron chi connectivity index (χ1n) is 37.0. The standard InChI is InChI=1S/C72H72N42O8/c73-95-81-25-49-7-50(26-82-96-74)14-67(13-49)117-45-63-39-111(105-91-63)33-57-11-58(34-112-40-64(92-106-112)46-118-68-15-51(27-83-97-75)8-52(16-68)28-84-98-76)22-71(21-57)121-43-61-37-109(103-89-61)1-3-115-5-6-116-4-2-110-38-62(90-104-110)44-122-72-23-59(35-113-41-65(93-107-113)47-119-69-17-53(29-85-99-77)9-54(18-69)30-86-100-78)12-60(24-72)36-114-42-66(94-108-114)48-120-70-19-55(31-87-101-79)10-56(20-70)32-88-102-80/h7-24,37-42H,1-6,25-36,43-48H2. The fourth-order valence-corrected chi connectivity index (χ4v) is 12.2. The van der Waals surface area contributed by atoms with Gasteiger partial charge in [-0.25, -0.2) is 28.1 Å². The van der Waals surface area contributed by atoms with E-state index in [-0.39, 0.29) is 118 Å². The summed E-state index contributed by atoms with van der Waals surface area (Å²) in [6, 6.07) is 32.4. The number of azide groups is 8. The van der Waals surface area contributed by atoms with Gasteiger partial charge in [-0.3, -0.25) is 0 Å². The van der Waals surface area contributed by atoms with Gasteiger partial charge in [-0.2, -0.15) is 0 Å². The fraction of sp³-hybridized carbons (Fsp3) is 0.333. The van der Waals surface area contributed by atoms with Gasteiger partial charge in [-0.05, 0) is 184 Å². The van der Waals surface area contributed by atoms with Gasteiger partial charge in [0.25, 0.3) is 0 Å². The summed E-state index contributed by atoms with van der Waals surface area (Å²) in [5, 5.41) is 81.3. The zero-order valence-corrected chi connectivity index (χ0v) is 64.9. The summed E-state index contributed by atoms with van der Waals surface area (Å²) in [6.45, 7) is 4.13. The molecule has 50 heteroatoms. The summed E-state index contributed by atoms with van der Waals surface area (Å²) in [6.07, 6.45) is 10.6. The van der Waals surface area contributed by atoms with E-state index in [1.807, 2.05) is 36.4 Å². The van der Waals surface area contributed by atoms with Gasteiger partial charge in [-0.15, -0.1) is 30.6 Å². The number of benzene rings is 6. The maximum atomic E-state index is 8.91. The van der Waals surface area contributed by atoms with E-state index < -0.39 is 0 Å². The van der Waals surface area contributed by atoms with Gasteiger partial charge in [0.15, 0.2) is 0 Å². The molecule has 0 bridgehead atoms. The Morgan fingerprint density at radius 1 is 0.221 bits per heavy atom. The van der Waals surface area contributed by atoms with Crippen LogP contribution in [-0.2, 0) is 141 Å². The van der Waals surface area contributed by atoms with E-state index in [2.05, 4.69) is 142 Å². The van der Waals surface area contributed by atoms with Crippen molar-refractivity contribution in [1.29, 1.82) is 0 Å². The topological polar surface area (TPSA) is 648 Å². The molecule has 0 aliphatic heterocycles. The minimum absolute atomic E-state index is 0.0505. The van der Waals surface area contributed by atoms with Crippen LogP contribution in [0.2, 0.25) is 0 Å². The number of ether oxygens (including phenoxy) is 8. The Kier molecular flexibility index (Phi) is 31.3. The maximum absolute atomic E-state index is 8.91. The predicted octanol–water partition coefficient (Wildman–Crippen LogP) is 14.1. The fourth-order valence-electron chi connectivity index (χ4n) is 12.2. The Morgan fingerprint density at radius 2 is 0.393 bits per heavy atom. The van der Waals surface area contributed by atoms with E-state index in [0.29, 0.717) is 153 Å². The van der Waals surface area contributed by atoms with Crippen molar-refractivity contribution < 1.29 is 37.9 Å². The van der Waals surface area contributed by atoms with Gasteiger partial charge in [0.1, 0.15) is 108 Å². The number of hydrogen-bond acceptors (Lipinski definition) is 28. The Balaban J connectivity index is 0.625. The van der Waals surface area contributed by atoms with Crippen LogP contribution in [0.4, 0.5) is 0 Å². The largest absolute Gasteiger partial charge is 0.487 e. The molecule has 6 aromatic heterocycles. The van der Waals surface area contributed by atoms with Crippen LogP contribution in [0.1, 0.15) is 101 Å². The molecule has 618 valence electrons. The molecule has 0 aliphatic carbocycles. The number of hydrogen-bond donors (Lipinski definition) is 0. The highest BCUT2D eigenvalue weighted by Gasteiger charge is 2.17. The molecule has 0 saturated heterocycles. The van der Waals surface area contributed by atoms with E-state index in [4.69, 9.17) is 82.1 Å². The van der Waals surface area contributed by atoms with Crippen LogP contribution < -0.4 is 28.4 Å². The Hall–Kier alpha value is -16.6. The zero-order chi connectivity index (χ0) is 84.7. The smallest absolute Gasteiger partial charge is 0.134 e. The minimum atomic E-state index is 0.0505. The zero-order valence-electron chi connectivity index (χ0n) is 64.9. The number of rotatable bonds is 51. The van der Waals surface area contributed by atoms with Crippen LogP contribution in [0.5, 0.6) is 34.5 Å². The lowest BCUT2D eigenvalue weighted by Crippen LogP contribution is -2.13. The molecule has 12 rings (SSSR count). The first kappa shape index (κ1) is 84.7. The second kappa shape index (κ2) is 45.0. The number of aromatic nitrogens is 18. The van der Waals surface area contributed by atoms with Crippen LogP contribution in [0.3, 0.4) is 0 Å². The van der Waals surface area contributed by atoms with Gasteiger partial charge in [0.2, 0.25) is 0 Å². The van der Waals surface area contributed by atoms with E-state index in [1.165, 1.54) is 0 Å². The first-order chi connectivity index (χ1) is 59.9. The summed E-state index contributed by atoms with van der Waals surface area (Å²) >= 11 is 0. The predicted molar refractivity (Wildman–Crippen MR) is 426 cm³/mol. The first-order valence-corrected chi connectivity index (χ1v) is 37.0. The third kappa shape index (κ3) is 27.5. The highest BCUT2D eigenvalue weighted by atomic mass is 16.5. The molecule has 0 unspecified atom stereocenters. The highest BCUT2D eigenvalue weighted by Crippen LogP contribution is 2.28. The lowest BCUT2D eigenvalue weighted by Gasteiger charge is -2.11. The molecule has 50 nitrogen and oxygen atoms in total. The van der Waals surface area contributed by atoms with Crippen LogP contribution in [0.15, 0.2) is 187 Å². The van der Waals surface area contributed by atoms with Crippen LogP contribution in [0.25, 0.3) is 83.5 Å². The quantitative estimate of drug-likeness (QED) is 0.0148. The summed E-state index contributed by atoms with van der Waals surface area (Å²) < 4.78 is 58.8. The van der Waals surface area contributed by atoms with Crippen LogP contribution in [0, 0.1) is 0 Å². The molecule has 0 spiro atoms. The summed E-state index contributed by atoms with van der Waals surface area (Å²) in [4.78, 5) is 22.8. The van der Waals surface area contributed by atoms with Crippen LogP contribution >= 0.6 is 0 Å². The summed E-state index contributed by atoms with van der Waals surface area (Å²) in [5.41, 5.74) is 83.1. The summed E-state index contributed by atoms with van der Waals surface area (Å²) in [5.74, 6) is 2.88. The van der Waals surface area contributed by atoms with Crippen molar-refractivity contribution in [3.63, 3.8) is 0 Å². The minimum Gasteiger partial charge on any atom is -0.487 e. The number of nitrogens with zero attached hydrogens (tertiary/aromatic N) is 42. The molecule has 0 aliphatic rings. The van der Waals surface area contributed by atoms with Crippen molar-refractivity contribution in [3.8, 4) is 34.5 Å². The van der Waals surface area contributed by atoms with Crippen molar-refractivity contribution in [2.45, 2.75) is 131 Å². The molecular weight excluding hydrogens is 1580 g/mol. The molecule has 12 aromatic rings. The molecule has 0 fully saturated rings. The second-order valence-electron chi connectivity index (χ2n) is 26.6. The van der Waals surface area contributed by atoms with Crippen molar-refractivity contribution >= 4 is 0 Å². The molecule has 6 heterocycles. The SMILES string of the molecule is [N-]=[N+]=NCc1cc(CN=[N+]=[N-])cc(OCc2cn(Cc3cc(Cn4cc(COc5cc(CN=[N+]=[N-])cc(CN=[N+]=[N-])c5)nn4)cc(OCc4cn(CCOCCOCCn5cc(COc6cc(Cn7cc(COc8cc(CN=[N+]=[N-])cc(CN=[N+]=[N-])c8)nn7)cc(Cn7cc(COc8cc(CN=[N+]=[N-])cc(CN=[N+]=[N-])c8)nn7)c6)nn5)nn4)c3)nn2)c1. The molecule has 0 radical (unpaired) electrons. The van der Waals surface area contributed by atoms with Crippen molar-refractivity contribution in [2.75, 3.05) is 26.4 Å². The van der Waals surface area contributed by atoms with Crippen molar-refractivity contribution in [1.82, 2.24) is 90.0 Å². The lowest BCUT2D eigenvalue weighted by molar-refractivity contribution is 0.0402. The van der Waals surface area contributed by atoms with E-state index in [9.17, 15) is 0 Å². The Bertz CT molecular complexity index is 5170. The molecule has 0 saturated carbocycles. The van der Waals surface area contributed by atoms with E-state index in [1.54, 1.807) is 138 Å². The van der Waals surface area contributed by atoms with Gasteiger partial charge >= 0.3 is 0 Å². The molecular formula is C72H72N42O8. The average molecular weight is 1650 g/mol. The monoisotopic (exact) mass is 1650 g/mol.